The molecule has 0 aliphatic carbocycles. The first-order valence-electron chi connectivity index (χ1n) is 9.27. The molecule has 1 atom stereocenters. The fourth-order valence-electron chi connectivity index (χ4n) is 3.68. The molecule has 152 valence electrons. The fourth-order valence-corrected chi connectivity index (χ4v) is 4.70. The average molecular weight is 414 g/mol. The van der Waals surface area contributed by atoms with Gasteiger partial charge in [-0.25, -0.2) is 17.9 Å². The third kappa shape index (κ3) is 3.58. The molecule has 1 fully saturated rings. The second-order valence-electron chi connectivity index (χ2n) is 7.32. The van der Waals surface area contributed by atoms with Gasteiger partial charge < -0.3 is 5.32 Å². The van der Waals surface area contributed by atoms with E-state index in [1.807, 2.05) is 12.1 Å². The van der Waals surface area contributed by atoms with Gasteiger partial charge in [0, 0.05) is 39.5 Å². The van der Waals surface area contributed by atoms with Crippen molar-refractivity contribution in [2.45, 2.75) is 23.8 Å². The number of imidazole rings is 1. The van der Waals surface area contributed by atoms with E-state index in [0.717, 1.165) is 22.2 Å². The Balaban J connectivity index is 1.50. The van der Waals surface area contributed by atoms with Gasteiger partial charge in [0.15, 0.2) is 0 Å². The number of hydrogen-bond acceptors (Lipinski definition) is 4. The lowest BCUT2D eigenvalue weighted by Gasteiger charge is -2.10. The summed E-state index contributed by atoms with van der Waals surface area (Å²) < 4.78 is 31.0. The summed E-state index contributed by atoms with van der Waals surface area (Å²) in [4.78, 5) is 23.6. The van der Waals surface area contributed by atoms with Crippen LogP contribution in [0.1, 0.15) is 23.5 Å². The lowest BCUT2D eigenvalue weighted by atomic mass is 9.99. The third-order valence-corrected chi connectivity index (χ3v) is 6.86. The molecule has 9 heteroatoms. The van der Waals surface area contributed by atoms with Gasteiger partial charge in [0.25, 0.3) is 0 Å². The zero-order chi connectivity index (χ0) is 20.8. The number of carbonyl (C=O) groups is 1. The van der Waals surface area contributed by atoms with Crippen molar-refractivity contribution in [3.8, 4) is 0 Å². The van der Waals surface area contributed by atoms with E-state index >= 15 is 0 Å². The summed E-state index contributed by atoms with van der Waals surface area (Å²) in [7, 11) is -0.291. The standard InChI is InChI=1S/C20H22N4O4S/c1-23-17-8-3-13(9-18(17)24(2)20(23)26)11-22-29(27,28)16-6-4-14(5-7-16)15-10-19(25)21-12-15/h3-9,15,22H,10-12H2,1-2H3,(H,21,25). The first kappa shape index (κ1) is 19.4. The van der Waals surface area contributed by atoms with Crippen LogP contribution < -0.4 is 15.7 Å². The minimum absolute atomic E-state index is 0.0150. The highest BCUT2D eigenvalue weighted by atomic mass is 32.2. The number of carbonyl (C=O) groups excluding carboxylic acids is 1. The van der Waals surface area contributed by atoms with E-state index in [2.05, 4.69) is 10.0 Å². The highest BCUT2D eigenvalue weighted by molar-refractivity contribution is 7.89. The van der Waals surface area contributed by atoms with Crippen molar-refractivity contribution in [2.75, 3.05) is 6.54 Å². The van der Waals surface area contributed by atoms with Gasteiger partial charge >= 0.3 is 5.69 Å². The van der Waals surface area contributed by atoms with Crippen molar-refractivity contribution >= 4 is 27.0 Å². The van der Waals surface area contributed by atoms with E-state index in [4.69, 9.17) is 0 Å². The van der Waals surface area contributed by atoms with E-state index in [1.165, 1.54) is 4.57 Å². The summed E-state index contributed by atoms with van der Waals surface area (Å²) in [6, 6.07) is 12.1. The Labute approximate surface area is 168 Å². The molecule has 0 saturated carbocycles. The van der Waals surface area contributed by atoms with Gasteiger partial charge in [0.05, 0.1) is 15.9 Å². The summed E-state index contributed by atoms with van der Waals surface area (Å²) in [5.74, 6) is 0.0951. The van der Waals surface area contributed by atoms with Crippen molar-refractivity contribution < 1.29 is 13.2 Å². The summed E-state index contributed by atoms with van der Waals surface area (Å²) in [6.45, 7) is 0.692. The number of sulfonamides is 1. The van der Waals surface area contributed by atoms with Crippen molar-refractivity contribution in [3.05, 3.63) is 64.1 Å². The van der Waals surface area contributed by atoms with Crippen LogP contribution in [0.4, 0.5) is 0 Å². The number of amides is 1. The van der Waals surface area contributed by atoms with E-state index < -0.39 is 10.0 Å². The average Bonchev–Trinajstić information content (AvgIpc) is 3.24. The van der Waals surface area contributed by atoms with Crippen LogP contribution in [0.3, 0.4) is 0 Å². The monoisotopic (exact) mass is 414 g/mol. The number of aryl methyl sites for hydroxylation is 2. The maximum atomic E-state index is 12.6. The normalized spacial score (nSPS) is 17.0. The number of rotatable bonds is 5. The topological polar surface area (TPSA) is 102 Å². The molecule has 1 amide bonds. The summed E-state index contributed by atoms with van der Waals surface area (Å²) in [5.41, 5.74) is 3.11. The molecule has 1 unspecified atom stereocenters. The molecule has 2 aromatic carbocycles. The lowest BCUT2D eigenvalue weighted by molar-refractivity contribution is -0.119. The maximum absolute atomic E-state index is 12.6. The Kier molecular flexibility index (Phi) is 4.79. The maximum Gasteiger partial charge on any atom is 0.328 e. The van der Waals surface area contributed by atoms with Crippen LogP contribution in [0.25, 0.3) is 11.0 Å². The minimum Gasteiger partial charge on any atom is -0.355 e. The molecule has 1 saturated heterocycles. The predicted molar refractivity (Wildman–Crippen MR) is 109 cm³/mol. The molecule has 2 N–H and O–H groups in total. The highest BCUT2D eigenvalue weighted by Gasteiger charge is 2.23. The van der Waals surface area contributed by atoms with Crippen LogP contribution in [0.5, 0.6) is 0 Å². The molecule has 1 aliphatic rings. The fraction of sp³-hybridized carbons (Fsp3) is 0.300. The van der Waals surface area contributed by atoms with Crippen LogP contribution in [-0.4, -0.2) is 30.0 Å². The molecule has 29 heavy (non-hydrogen) atoms. The number of benzene rings is 2. The van der Waals surface area contributed by atoms with Crippen LogP contribution in [0, 0.1) is 0 Å². The Bertz CT molecular complexity index is 1260. The first-order valence-corrected chi connectivity index (χ1v) is 10.8. The molecule has 8 nitrogen and oxygen atoms in total. The second kappa shape index (κ2) is 7.16. The molecule has 0 bridgehead atoms. The Morgan fingerprint density at radius 3 is 2.38 bits per heavy atom. The SMILES string of the molecule is Cn1c(=O)n(C)c2cc(CNS(=O)(=O)c3ccc(C4CNC(=O)C4)cc3)ccc21. The zero-order valence-corrected chi connectivity index (χ0v) is 17.0. The van der Waals surface area contributed by atoms with Gasteiger partial charge in [0.1, 0.15) is 0 Å². The second-order valence-corrected chi connectivity index (χ2v) is 9.09. The number of nitrogens with zero attached hydrogens (tertiary/aromatic N) is 2. The smallest absolute Gasteiger partial charge is 0.328 e. The van der Waals surface area contributed by atoms with Gasteiger partial charge in [-0.05, 0) is 35.4 Å². The van der Waals surface area contributed by atoms with Gasteiger partial charge in [-0.3, -0.25) is 13.9 Å². The molecule has 1 aromatic heterocycles. The molecular weight excluding hydrogens is 392 g/mol. The Hall–Kier alpha value is -2.91. The predicted octanol–water partition coefficient (Wildman–Crippen LogP) is 0.959. The molecule has 2 heterocycles. The molecular formula is C20H22N4O4S. The molecule has 4 rings (SSSR count). The van der Waals surface area contributed by atoms with Crippen molar-refractivity contribution in [1.82, 2.24) is 19.2 Å². The summed E-state index contributed by atoms with van der Waals surface area (Å²) >= 11 is 0. The van der Waals surface area contributed by atoms with Gasteiger partial charge in [-0.2, -0.15) is 0 Å². The molecule has 1 aliphatic heterocycles. The highest BCUT2D eigenvalue weighted by Crippen LogP contribution is 2.24. The van der Waals surface area contributed by atoms with E-state index in [0.29, 0.717) is 13.0 Å². The van der Waals surface area contributed by atoms with Crippen LogP contribution in [0.15, 0.2) is 52.2 Å². The van der Waals surface area contributed by atoms with Crippen LogP contribution >= 0.6 is 0 Å². The molecule has 0 spiro atoms. The number of fused-ring (bicyclic) bond motifs is 1. The van der Waals surface area contributed by atoms with Crippen molar-refractivity contribution in [3.63, 3.8) is 0 Å². The van der Waals surface area contributed by atoms with Gasteiger partial charge in [-0.15, -0.1) is 0 Å². The van der Waals surface area contributed by atoms with Crippen LogP contribution in [0.2, 0.25) is 0 Å². The number of hydrogen-bond donors (Lipinski definition) is 2. The Morgan fingerprint density at radius 2 is 1.72 bits per heavy atom. The number of aromatic nitrogens is 2. The van der Waals surface area contributed by atoms with Gasteiger partial charge in [-0.1, -0.05) is 18.2 Å². The summed E-state index contributed by atoms with van der Waals surface area (Å²) in [5, 5.41) is 2.78. The van der Waals surface area contributed by atoms with E-state index in [9.17, 15) is 18.0 Å². The quantitative estimate of drug-likeness (QED) is 0.649. The molecule has 0 radical (unpaired) electrons. The molecule has 3 aromatic rings. The van der Waals surface area contributed by atoms with Crippen molar-refractivity contribution in [1.29, 1.82) is 0 Å². The third-order valence-electron chi connectivity index (χ3n) is 5.44. The summed E-state index contributed by atoms with van der Waals surface area (Å²) in [6.07, 6.45) is 0.425. The Morgan fingerprint density at radius 1 is 1.03 bits per heavy atom. The first-order chi connectivity index (χ1) is 13.8. The lowest BCUT2D eigenvalue weighted by Crippen LogP contribution is -2.23. The van der Waals surface area contributed by atoms with Crippen molar-refractivity contribution in [2.24, 2.45) is 14.1 Å². The largest absolute Gasteiger partial charge is 0.355 e. The van der Waals surface area contributed by atoms with E-state index in [1.54, 1.807) is 49.0 Å². The minimum atomic E-state index is -3.68. The zero-order valence-electron chi connectivity index (χ0n) is 16.2. The van der Waals surface area contributed by atoms with Gasteiger partial charge in [0.2, 0.25) is 15.9 Å². The van der Waals surface area contributed by atoms with Crippen LogP contribution in [-0.2, 0) is 35.5 Å². The number of nitrogens with one attached hydrogen (secondary N) is 2. The van der Waals surface area contributed by atoms with E-state index in [-0.39, 0.29) is 29.0 Å².